The van der Waals surface area contributed by atoms with E-state index in [2.05, 4.69) is 16.0 Å². The number of amides is 3. The number of aliphatic carboxylic acids is 1. The van der Waals surface area contributed by atoms with Crippen LogP contribution < -0.4 is 16.0 Å². The Morgan fingerprint density at radius 1 is 1.04 bits per heavy atom. The monoisotopic (exact) mass is 357 g/mol. The van der Waals surface area contributed by atoms with E-state index in [4.69, 9.17) is 5.11 Å². The zero-order chi connectivity index (χ0) is 19.1. The summed E-state index contributed by atoms with van der Waals surface area (Å²) in [7, 11) is 0. The molecule has 0 aliphatic carbocycles. The van der Waals surface area contributed by atoms with Crippen LogP contribution in [0.2, 0.25) is 0 Å². The van der Waals surface area contributed by atoms with Crippen molar-refractivity contribution in [1.82, 2.24) is 10.6 Å². The lowest BCUT2D eigenvalue weighted by Crippen LogP contribution is -2.46. The molecule has 0 bridgehead atoms. The molecule has 0 fully saturated rings. The predicted molar refractivity (Wildman–Crippen MR) is 100.0 cm³/mol. The minimum Gasteiger partial charge on any atom is -0.480 e. The topological polar surface area (TPSA) is 108 Å². The van der Waals surface area contributed by atoms with Crippen molar-refractivity contribution in [2.24, 2.45) is 5.92 Å². The minimum absolute atomic E-state index is 0.124. The summed E-state index contributed by atoms with van der Waals surface area (Å²) < 4.78 is 0. The fourth-order valence-electron chi connectivity index (χ4n) is 2.60. The predicted octanol–water partition coefficient (Wildman–Crippen LogP) is 2.58. The molecule has 0 radical (unpaired) electrons. The van der Waals surface area contributed by atoms with Crippen LogP contribution in [0, 0.1) is 5.92 Å². The number of fused-ring (bicyclic) bond motifs is 1. The van der Waals surface area contributed by atoms with Gasteiger partial charge in [0.25, 0.3) is 0 Å². The van der Waals surface area contributed by atoms with Crippen LogP contribution in [0.4, 0.5) is 10.5 Å². The molecule has 26 heavy (non-hydrogen) atoms. The Morgan fingerprint density at radius 3 is 2.42 bits per heavy atom. The number of benzene rings is 2. The Morgan fingerprint density at radius 2 is 1.73 bits per heavy atom. The van der Waals surface area contributed by atoms with Crippen LogP contribution in [-0.4, -0.2) is 35.6 Å². The standard InChI is InChI=1S/C19H23N3O4/c1-12(2)10-16(18(24)25)21-17(23)11-20-19(26)22-15-9-5-7-13-6-3-4-8-14(13)15/h3-9,12,16H,10-11H2,1-2H3,(H,21,23)(H,24,25)(H2,20,22,26)/t16-/m1/s1. The van der Waals surface area contributed by atoms with E-state index in [0.29, 0.717) is 12.1 Å². The number of carbonyl (C=O) groups is 3. The lowest BCUT2D eigenvalue weighted by molar-refractivity contribution is -0.142. The Hall–Kier alpha value is -3.09. The summed E-state index contributed by atoms with van der Waals surface area (Å²) in [6.45, 7) is 3.44. The SMILES string of the molecule is CC(C)C[C@@H](NC(=O)CNC(=O)Nc1cccc2ccccc12)C(=O)O. The number of carboxylic acid groups (broad SMARTS) is 1. The first-order chi connectivity index (χ1) is 12.4. The fraction of sp³-hybridized carbons (Fsp3) is 0.316. The fourth-order valence-corrected chi connectivity index (χ4v) is 2.60. The maximum absolute atomic E-state index is 12.0. The number of anilines is 1. The second-order valence-corrected chi connectivity index (χ2v) is 6.42. The van der Waals surface area contributed by atoms with Crippen molar-refractivity contribution in [1.29, 1.82) is 0 Å². The molecular weight excluding hydrogens is 334 g/mol. The van der Waals surface area contributed by atoms with E-state index in [1.165, 1.54) is 0 Å². The Bertz CT molecular complexity index is 799. The second kappa shape index (κ2) is 8.84. The zero-order valence-electron chi connectivity index (χ0n) is 14.8. The molecule has 0 aliphatic rings. The maximum atomic E-state index is 12.0. The van der Waals surface area contributed by atoms with Gasteiger partial charge in [0, 0.05) is 5.39 Å². The Balaban J connectivity index is 1.89. The van der Waals surface area contributed by atoms with Gasteiger partial charge in [0.05, 0.1) is 12.2 Å². The number of hydrogen-bond donors (Lipinski definition) is 4. The first-order valence-electron chi connectivity index (χ1n) is 8.41. The Labute approximate surface area is 151 Å². The third-order valence-electron chi connectivity index (χ3n) is 3.79. The van der Waals surface area contributed by atoms with Crippen LogP contribution in [0.3, 0.4) is 0 Å². The zero-order valence-corrected chi connectivity index (χ0v) is 14.8. The van der Waals surface area contributed by atoms with Crippen LogP contribution in [0.25, 0.3) is 10.8 Å². The molecule has 0 aromatic heterocycles. The number of rotatable bonds is 7. The highest BCUT2D eigenvalue weighted by Crippen LogP contribution is 2.22. The van der Waals surface area contributed by atoms with E-state index >= 15 is 0 Å². The number of hydrogen-bond acceptors (Lipinski definition) is 3. The van der Waals surface area contributed by atoms with Gasteiger partial charge in [0.2, 0.25) is 5.91 Å². The van der Waals surface area contributed by atoms with Gasteiger partial charge in [-0.15, -0.1) is 0 Å². The molecular formula is C19H23N3O4. The smallest absolute Gasteiger partial charge is 0.326 e. The largest absolute Gasteiger partial charge is 0.480 e. The van der Waals surface area contributed by atoms with Crippen molar-refractivity contribution in [3.8, 4) is 0 Å². The van der Waals surface area contributed by atoms with Gasteiger partial charge in [0.15, 0.2) is 0 Å². The summed E-state index contributed by atoms with van der Waals surface area (Å²) in [6.07, 6.45) is 0.323. The summed E-state index contributed by atoms with van der Waals surface area (Å²) in [6, 6.07) is 11.6. The molecule has 7 nitrogen and oxygen atoms in total. The van der Waals surface area contributed by atoms with E-state index in [9.17, 15) is 14.4 Å². The average molecular weight is 357 g/mol. The van der Waals surface area contributed by atoms with Gasteiger partial charge in [-0.25, -0.2) is 9.59 Å². The van der Waals surface area contributed by atoms with Crippen molar-refractivity contribution in [3.05, 3.63) is 42.5 Å². The van der Waals surface area contributed by atoms with E-state index < -0.39 is 23.9 Å². The van der Waals surface area contributed by atoms with Crippen molar-refractivity contribution >= 4 is 34.4 Å². The number of nitrogens with one attached hydrogen (secondary N) is 3. The quantitative estimate of drug-likeness (QED) is 0.611. The molecule has 0 aliphatic heterocycles. The van der Waals surface area contributed by atoms with E-state index in [1.807, 2.05) is 50.2 Å². The molecule has 0 saturated heterocycles. The van der Waals surface area contributed by atoms with Crippen LogP contribution >= 0.6 is 0 Å². The van der Waals surface area contributed by atoms with Crippen LogP contribution in [0.15, 0.2) is 42.5 Å². The molecule has 3 amide bonds. The lowest BCUT2D eigenvalue weighted by Gasteiger charge is -2.16. The molecule has 4 N–H and O–H groups in total. The van der Waals surface area contributed by atoms with E-state index in [-0.39, 0.29) is 12.5 Å². The first-order valence-corrected chi connectivity index (χ1v) is 8.41. The molecule has 1 atom stereocenters. The molecule has 0 unspecified atom stereocenters. The number of carboxylic acids is 1. The number of urea groups is 1. The second-order valence-electron chi connectivity index (χ2n) is 6.42. The lowest BCUT2D eigenvalue weighted by atomic mass is 10.0. The van der Waals surface area contributed by atoms with E-state index in [1.54, 1.807) is 6.07 Å². The highest BCUT2D eigenvalue weighted by Gasteiger charge is 2.21. The summed E-state index contributed by atoms with van der Waals surface area (Å²) in [4.78, 5) is 35.1. The van der Waals surface area contributed by atoms with Crippen LogP contribution in [-0.2, 0) is 9.59 Å². The van der Waals surface area contributed by atoms with Gasteiger partial charge in [-0.2, -0.15) is 0 Å². The highest BCUT2D eigenvalue weighted by atomic mass is 16.4. The maximum Gasteiger partial charge on any atom is 0.326 e. The summed E-state index contributed by atoms with van der Waals surface area (Å²) >= 11 is 0. The first kappa shape index (κ1) is 19.2. The molecule has 2 aromatic rings. The normalized spacial score (nSPS) is 11.8. The molecule has 0 heterocycles. The average Bonchev–Trinajstić information content (AvgIpc) is 2.59. The minimum atomic E-state index is -1.09. The van der Waals surface area contributed by atoms with Gasteiger partial charge >= 0.3 is 12.0 Å². The summed E-state index contributed by atoms with van der Waals surface area (Å²) in [5.41, 5.74) is 0.629. The molecule has 7 heteroatoms. The number of carbonyl (C=O) groups excluding carboxylic acids is 2. The van der Waals surface area contributed by atoms with Gasteiger partial charge in [-0.05, 0) is 23.8 Å². The highest BCUT2D eigenvalue weighted by molar-refractivity contribution is 6.02. The molecule has 2 aromatic carbocycles. The summed E-state index contributed by atoms with van der Waals surface area (Å²) in [5.74, 6) is -1.52. The van der Waals surface area contributed by atoms with Gasteiger partial charge in [-0.3, -0.25) is 4.79 Å². The molecule has 0 spiro atoms. The van der Waals surface area contributed by atoms with Crippen LogP contribution in [0.5, 0.6) is 0 Å². The molecule has 0 saturated carbocycles. The van der Waals surface area contributed by atoms with Crippen molar-refractivity contribution in [3.63, 3.8) is 0 Å². The van der Waals surface area contributed by atoms with E-state index in [0.717, 1.165) is 10.8 Å². The van der Waals surface area contributed by atoms with Gasteiger partial charge in [-0.1, -0.05) is 50.2 Å². The molecule has 138 valence electrons. The third-order valence-corrected chi connectivity index (χ3v) is 3.79. The summed E-state index contributed by atoms with van der Waals surface area (Å²) in [5, 5.41) is 18.6. The van der Waals surface area contributed by atoms with Crippen molar-refractivity contribution < 1.29 is 19.5 Å². The third kappa shape index (κ3) is 5.47. The van der Waals surface area contributed by atoms with Gasteiger partial charge < -0.3 is 21.1 Å². The molecule has 2 rings (SSSR count). The van der Waals surface area contributed by atoms with Crippen molar-refractivity contribution in [2.45, 2.75) is 26.3 Å². The Kier molecular flexibility index (Phi) is 6.54. The van der Waals surface area contributed by atoms with Crippen molar-refractivity contribution in [2.75, 3.05) is 11.9 Å². The van der Waals surface area contributed by atoms with Gasteiger partial charge in [0.1, 0.15) is 6.04 Å². The van der Waals surface area contributed by atoms with Crippen LogP contribution in [0.1, 0.15) is 20.3 Å².